The van der Waals surface area contributed by atoms with E-state index in [1.165, 1.54) is 18.0 Å². The van der Waals surface area contributed by atoms with Crippen LogP contribution in [-0.4, -0.2) is 50.4 Å². The molecule has 0 heterocycles. The molecule has 5 nitrogen and oxygen atoms in total. The highest BCUT2D eigenvalue weighted by Crippen LogP contribution is 2.22. The average molecular weight is 422 g/mol. The largest absolute Gasteiger partial charge is 0.359 e. The van der Waals surface area contributed by atoms with Gasteiger partial charge in [-0.15, -0.1) is 0 Å². The molecule has 31 heavy (non-hydrogen) atoms. The van der Waals surface area contributed by atoms with Gasteiger partial charge in [-0.05, 0) is 35.9 Å². The number of likely N-dealkylation sites (N-methyl/N-ethyl adjacent to an activating group) is 3. The van der Waals surface area contributed by atoms with Gasteiger partial charge in [0.25, 0.3) is 0 Å². The van der Waals surface area contributed by atoms with Crippen molar-refractivity contribution in [2.45, 2.75) is 18.4 Å². The maximum Gasteiger partial charge on any atom is 0.239 e. The van der Waals surface area contributed by atoms with Crippen LogP contribution in [0.2, 0.25) is 0 Å². The van der Waals surface area contributed by atoms with Crippen LogP contribution in [0.25, 0.3) is 10.8 Å². The highest BCUT2D eigenvalue weighted by atomic mass is 19.1. The summed E-state index contributed by atoms with van der Waals surface area (Å²) >= 11 is 0. The Morgan fingerprint density at radius 1 is 0.968 bits per heavy atom. The number of carbonyl (C=O) groups is 2. The van der Waals surface area contributed by atoms with Crippen LogP contribution in [0.1, 0.15) is 17.0 Å². The molecule has 0 bridgehead atoms. The summed E-state index contributed by atoms with van der Waals surface area (Å²) in [6.07, 6.45) is 0.509. The fourth-order valence-corrected chi connectivity index (χ4v) is 3.80. The van der Waals surface area contributed by atoms with Crippen LogP contribution in [0.5, 0.6) is 0 Å². The zero-order valence-electron chi connectivity index (χ0n) is 18.1. The highest BCUT2D eigenvalue weighted by molar-refractivity contribution is 5.87. The van der Waals surface area contributed by atoms with Crippen LogP contribution < -0.4 is 10.6 Å². The van der Waals surface area contributed by atoms with E-state index in [1.54, 1.807) is 32.3 Å². The van der Waals surface area contributed by atoms with E-state index in [0.717, 1.165) is 16.3 Å². The first-order valence-electron chi connectivity index (χ1n) is 10.3. The summed E-state index contributed by atoms with van der Waals surface area (Å²) in [7, 11) is 4.89. The lowest BCUT2D eigenvalue weighted by atomic mass is 9.96. The summed E-state index contributed by atoms with van der Waals surface area (Å²) in [6.45, 7) is 0.0787. The molecule has 3 aromatic rings. The standard InChI is InChI=1S/C25H28FN3O2/c1-27-23(15-17-12-13-18-8-4-5-9-19(18)14-17)25(31)29(3)16-21(24(30)28-2)20-10-6-7-11-22(20)26/h4-14,21,23,27H,15-16H2,1-3H3,(H,28,30)/t21?,23-/m1/s1. The maximum atomic E-state index is 14.3. The Bertz CT molecular complexity index is 1070. The van der Waals surface area contributed by atoms with Crippen LogP contribution in [0.4, 0.5) is 4.39 Å². The van der Waals surface area contributed by atoms with E-state index in [0.29, 0.717) is 6.42 Å². The second-order valence-electron chi connectivity index (χ2n) is 7.63. The number of rotatable bonds is 8. The van der Waals surface area contributed by atoms with E-state index in [-0.39, 0.29) is 23.9 Å². The SMILES string of the molecule is CNC(=O)C(CN(C)C(=O)[C@@H](Cc1ccc2ccccc2c1)NC)c1ccccc1F. The smallest absolute Gasteiger partial charge is 0.239 e. The van der Waals surface area contributed by atoms with Gasteiger partial charge < -0.3 is 15.5 Å². The highest BCUT2D eigenvalue weighted by Gasteiger charge is 2.28. The number of amides is 2. The summed E-state index contributed by atoms with van der Waals surface area (Å²) in [5, 5.41) is 7.92. The fraction of sp³-hybridized carbons (Fsp3) is 0.280. The number of nitrogens with one attached hydrogen (secondary N) is 2. The van der Waals surface area contributed by atoms with E-state index in [4.69, 9.17) is 0 Å². The summed E-state index contributed by atoms with van der Waals surface area (Å²) in [4.78, 5) is 27.1. The minimum Gasteiger partial charge on any atom is -0.359 e. The second kappa shape index (κ2) is 10.2. The molecule has 0 aromatic heterocycles. The molecule has 0 aliphatic rings. The lowest BCUT2D eigenvalue weighted by molar-refractivity contribution is -0.133. The Kier molecular flexibility index (Phi) is 7.36. The molecule has 0 aliphatic heterocycles. The van der Waals surface area contributed by atoms with Crippen molar-refractivity contribution in [1.29, 1.82) is 0 Å². The van der Waals surface area contributed by atoms with E-state index in [9.17, 15) is 14.0 Å². The number of halogens is 1. The molecule has 0 radical (unpaired) electrons. The molecule has 0 aliphatic carbocycles. The van der Waals surface area contributed by atoms with Gasteiger partial charge in [0.05, 0.1) is 12.0 Å². The predicted octanol–water partition coefficient (Wildman–Crippen LogP) is 3.10. The van der Waals surface area contributed by atoms with Crippen molar-refractivity contribution in [3.8, 4) is 0 Å². The third-order valence-electron chi connectivity index (χ3n) is 5.58. The first-order valence-corrected chi connectivity index (χ1v) is 10.3. The van der Waals surface area contributed by atoms with Gasteiger partial charge in [-0.1, -0.05) is 60.7 Å². The molecular formula is C25H28FN3O2. The van der Waals surface area contributed by atoms with Gasteiger partial charge in [0.15, 0.2) is 0 Å². The Morgan fingerprint density at radius 3 is 2.32 bits per heavy atom. The van der Waals surface area contributed by atoms with Gasteiger partial charge in [-0.3, -0.25) is 9.59 Å². The molecule has 162 valence electrons. The van der Waals surface area contributed by atoms with Gasteiger partial charge in [0.2, 0.25) is 11.8 Å². The number of benzene rings is 3. The van der Waals surface area contributed by atoms with Crippen molar-refractivity contribution < 1.29 is 14.0 Å². The van der Waals surface area contributed by atoms with Crippen molar-refractivity contribution in [3.05, 3.63) is 83.7 Å². The molecule has 2 atom stereocenters. The topological polar surface area (TPSA) is 61.4 Å². The monoisotopic (exact) mass is 421 g/mol. The van der Waals surface area contributed by atoms with Crippen LogP contribution in [0.3, 0.4) is 0 Å². The Morgan fingerprint density at radius 2 is 1.65 bits per heavy atom. The molecule has 0 fully saturated rings. The first kappa shape index (κ1) is 22.4. The summed E-state index contributed by atoms with van der Waals surface area (Å²) < 4.78 is 14.3. The van der Waals surface area contributed by atoms with Gasteiger partial charge in [0.1, 0.15) is 5.82 Å². The second-order valence-corrected chi connectivity index (χ2v) is 7.63. The molecule has 3 aromatic carbocycles. The third kappa shape index (κ3) is 5.27. The average Bonchev–Trinajstić information content (AvgIpc) is 2.80. The van der Waals surface area contributed by atoms with Crippen molar-refractivity contribution >= 4 is 22.6 Å². The van der Waals surface area contributed by atoms with E-state index in [2.05, 4.69) is 22.8 Å². The van der Waals surface area contributed by atoms with Crippen molar-refractivity contribution in [3.63, 3.8) is 0 Å². The van der Waals surface area contributed by atoms with Crippen LogP contribution in [0, 0.1) is 5.82 Å². The van der Waals surface area contributed by atoms with Crippen molar-refractivity contribution in [2.24, 2.45) is 0 Å². The number of hydrogen-bond acceptors (Lipinski definition) is 3. The normalized spacial score (nSPS) is 12.9. The fourth-order valence-electron chi connectivity index (χ4n) is 3.80. The lowest BCUT2D eigenvalue weighted by Gasteiger charge is -2.27. The zero-order chi connectivity index (χ0) is 22.4. The summed E-state index contributed by atoms with van der Waals surface area (Å²) in [5.74, 6) is -1.74. The molecule has 6 heteroatoms. The van der Waals surface area contributed by atoms with E-state index in [1.807, 2.05) is 30.3 Å². The van der Waals surface area contributed by atoms with Crippen LogP contribution in [0.15, 0.2) is 66.7 Å². The minimum atomic E-state index is -0.793. The van der Waals surface area contributed by atoms with Gasteiger partial charge in [-0.2, -0.15) is 0 Å². The molecular weight excluding hydrogens is 393 g/mol. The van der Waals surface area contributed by atoms with Gasteiger partial charge >= 0.3 is 0 Å². The van der Waals surface area contributed by atoms with Gasteiger partial charge in [-0.25, -0.2) is 4.39 Å². The molecule has 0 saturated carbocycles. The molecule has 1 unspecified atom stereocenters. The Balaban J connectivity index is 1.76. The lowest BCUT2D eigenvalue weighted by Crippen LogP contribution is -2.47. The number of carbonyl (C=O) groups excluding carboxylic acids is 2. The zero-order valence-corrected chi connectivity index (χ0v) is 18.1. The summed E-state index contributed by atoms with van der Waals surface area (Å²) in [6, 6.07) is 19.9. The predicted molar refractivity (Wildman–Crippen MR) is 121 cm³/mol. The van der Waals surface area contributed by atoms with E-state index < -0.39 is 17.8 Å². The Labute approximate surface area is 182 Å². The quantitative estimate of drug-likeness (QED) is 0.588. The molecule has 2 N–H and O–H groups in total. The third-order valence-corrected chi connectivity index (χ3v) is 5.58. The van der Waals surface area contributed by atoms with Crippen molar-refractivity contribution in [2.75, 3.05) is 27.7 Å². The number of hydrogen-bond donors (Lipinski definition) is 2. The van der Waals surface area contributed by atoms with Crippen LogP contribution in [-0.2, 0) is 16.0 Å². The Hall–Kier alpha value is -3.25. The number of fused-ring (bicyclic) bond motifs is 1. The van der Waals surface area contributed by atoms with Crippen molar-refractivity contribution in [1.82, 2.24) is 15.5 Å². The molecule has 0 saturated heterocycles. The molecule has 3 rings (SSSR count). The molecule has 0 spiro atoms. The van der Waals surface area contributed by atoms with Gasteiger partial charge in [0, 0.05) is 26.2 Å². The van der Waals surface area contributed by atoms with Crippen LogP contribution >= 0.6 is 0 Å². The minimum absolute atomic E-state index is 0.0787. The number of nitrogens with zero attached hydrogens (tertiary/aromatic N) is 1. The summed E-state index contributed by atoms with van der Waals surface area (Å²) in [5.41, 5.74) is 1.31. The van der Waals surface area contributed by atoms with E-state index >= 15 is 0 Å². The maximum absolute atomic E-state index is 14.3. The first-order chi connectivity index (χ1) is 14.9. The molecule has 2 amide bonds.